The zero-order valence-electron chi connectivity index (χ0n) is 9.60. The Hall–Kier alpha value is -1.06. The van der Waals surface area contributed by atoms with Crippen LogP contribution in [-0.4, -0.2) is 25.2 Å². The summed E-state index contributed by atoms with van der Waals surface area (Å²) in [5, 5.41) is 3.18. The van der Waals surface area contributed by atoms with E-state index in [4.69, 9.17) is 4.74 Å². The molecule has 0 saturated heterocycles. The molecule has 0 radical (unpaired) electrons. The van der Waals surface area contributed by atoms with E-state index in [1.807, 2.05) is 18.2 Å². The van der Waals surface area contributed by atoms with Crippen LogP contribution in [0.25, 0.3) is 0 Å². The van der Waals surface area contributed by atoms with Gasteiger partial charge in [0.1, 0.15) is 6.61 Å². The van der Waals surface area contributed by atoms with Crippen molar-refractivity contribution in [3.8, 4) is 0 Å². The Balaban J connectivity index is 0.00000225. The Morgan fingerprint density at radius 2 is 1.94 bits per heavy atom. The van der Waals surface area contributed by atoms with Gasteiger partial charge in [0, 0.05) is 12.6 Å². The highest BCUT2D eigenvalue weighted by atomic mass is 35.5. The number of carbonyl (C=O) groups excluding carboxylic acids is 1. The average molecular weight is 244 g/mol. The van der Waals surface area contributed by atoms with Crippen LogP contribution in [0.1, 0.15) is 24.2 Å². The maximum Gasteiger partial charge on any atom is 0.338 e. The average Bonchev–Trinajstić information content (AvgIpc) is 2.25. The van der Waals surface area contributed by atoms with Gasteiger partial charge in [0.15, 0.2) is 0 Å². The molecule has 1 rings (SSSR count). The second-order valence-corrected chi connectivity index (χ2v) is 3.61. The maximum atomic E-state index is 11.4. The summed E-state index contributed by atoms with van der Waals surface area (Å²) in [6.45, 7) is 5.21. The zero-order chi connectivity index (χ0) is 11.1. The van der Waals surface area contributed by atoms with Crippen molar-refractivity contribution in [2.45, 2.75) is 19.9 Å². The fourth-order valence-electron chi connectivity index (χ4n) is 1.15. The summed E-state index contributed by atoms with van der Waals surface area (Å²) in [5.41, 5.74) is 0.599. The topological polar surface area (TPSA) is 38.3 Å². The number of hydrogen-bond donors (Lipinski definition) is 1. The van der Waals surface area contributed by atoms with Gasteiger partial charge in [-0.1, -0.05) is 32.0 Å². The second-order valence-electron chi connectivity index (χ2n) is 3.61. The molecule has 0 aliphatic heterocycles. The number of hydrogen-bond acceptors (Lipinski definition) is 3. The van der Waals surface area contributed by atoms with Gasteiger partial charge in [-0.25, -0.2) is 4.79 Å². The van der Waals surface area contributed by atoms with E-state index in [2.05, 4.69) is 19.2 Å². The van der Waals surface area contributed by atoms with Crippen molar-refractivity contribution in [2.24, 2.45) is 0 Å². The van der Waals surface area contributed by atoms with Crippen molar-refractivity contribution in [1.82, 2.24) is 5.32 Å². The minimum absolute atomic E-state index is 0. The van der Waals surface area contributed by atoms with Gasteiger partial charge < -0.3 is 10.1 Å². The highest BCUT2D eigenvalue weighted by molar-refractivity contribution is 5.89. The van der Waals surface area contributed by atoms with Crippen LogP contribution < -0.4 is 5.32 Å². The molecule has 16 heavy (non-hydrogen) atoms. The van der Waals surface area contributed by atoms with E-state index in [9.17, 15) is 4.79 Å². The summed E-state index contributed by atoms with van der Waals surface area (Å²) in [6, 6.07) is 9.43. The van der Waals surface area contributed by atoms with Crippen molar-refractivity contribution < 1.29 is 9.53 Å². The predicted octanol–water partition coefficient (Wildman–Crippen LogP) is 2.26. The second kappa shape index (κ2) is 8.13. The molecule has 0 amide bonds. The number of nitrogens with one attached hydrogen (secondary N) is 1. The summed E-state index contributed by atoms with van der Waals surface area (Å²) >= 11 is 0. The fraction of sp³-hybridized carbons (Fsp3) is 0.417. The first kappa shape index (κ1) is 14.9. The van der Waals surface area contributed by atoms with E-state index in [0.717, 1.165) is 0 Å². The van der Waals surface area contributed by atoms with Crippen LogP contribution in [0, 0.1) is 0 Å². The molecule has 0 unspecified atom stereocenters. The smallest absolute Gasteiger partial charge is 0.338 e. The Morgan fingerprint density at radius 3 is 2.50 bits per heavy atom. The van der Waals surface area contributed by atoms with Crippen molar-refractivity contribution in [1.29, 1.82) is 0 Å². The van der Waals surface area contributed by atoms with Gasteiger partial charge in [-0.3, -0.25) is 0 Å². The van der Waals surface area contributed by atoms with E-state index in [1.165, 1.54) is 0 Å². The monoisotopic (exact) mass is 243 g/mol. The van der Waals surface area contributed by atoms with Gasteiger partial charge in [0.2, 0.25) is 0 Å². The molecule has 1 aromatic rings. The molecular formula is C12H18ClNO2. The molecule has 4 heteroatoms. The highest BCUT2D eigenvalue weighted by Crippen LogP contribution is 2.00. The van der Waals surface area contributed by atoms with Crippen LogP contribution in [0.4, 0.5) is 0 Å². The molecule has 1 N–H and O–H groups in total. The van der Waals surface area contributed by atoms with Gasteiger partial charge in [-0.15, -0.1) is 12.4 Å². The SMILES string of the molecule is CC(C)NCCOC(=O)c1ccccc1.Cl. The quantitative estimate of drug-likeness (QED) is 0.637. The first-order chi connectivity index (χ1) is 7.20. The van der Waals surface area contributed by atoms with Crippen LogP contribution >= 0.6 is 12.4 Å². The first-order valence-corrected chi connectivity index (χ1v) is 5.15. The van der Waals surface area contributed by atoms with Gasteiger partial charge in [0.05, 0.1) is 5.56 Å². The molecule has 0 atom stereocenters. The molecule has 0 aliphatic rings. The van der Waals surface area contributed by atoms with Gasteiger partial charge >= 0.3 is 5.97 Å². The number of benzene rings is 1. The van der Waals surface area contributed by atoms with Gasteiger partial charge in [-0.05, 0) is 12.1 Å². The number of halogens is 1. The van der Waals surface area contributed by atoms with E-state index >= 15 is 0 Å². The number of carbonyl (C=O) groups is 1. The van der Waals surface area contributed by atoms with Crippen LogP contribution in [0.5, 0.6) is 0 Å². The van der Waals surface area contributed by atoms with Gasteiger partial charge in [0.25, 0.3) is 0 Å². The zero-order valence-corrected chi connectivity index (χ0v) is 10.4. The Bertz CT molecular complexity index is 301. The van der Waals surface area contributed by atoms with E-state index in [0.29, 0.717) is 24.8 Å². The van der Waals surface area contributed by atoms with Crippen LogP contribution in [-0.2, 0) is 4.74 Å². The predicted molar refractivity (Wildman–Crippen MR) is 67.1 cm³/mol. The largest absolute Gasteiger partial charge is 0.461 e. The molecule has 0 spiro atoms. The van der Waals surface area contributed by atoms with Crippen LogP contribution in [0.3, 0.4) is 0 Å². The summed E-state index contributed by atoms with van der Waals surface area (Å²) in [4.78, 5) is 11.4. The third-order valence-electron chi connectivity index (χ3n) is 1.90. The molecule has 90 valence electrons. The maximum absolute atomic E-state index is 11.4. The lowest BCUT2D eigenvalue weighted by atomic mass is 10.2. The minimum Gasteiger partial charge on any atom is -0.461 e. The minimum atomic E-state index is -0.263. The third kappa shape index (κ3) is 5.73. The summed E-state index contributed by atoms with van der Waals surface area (Å²) in [6.07, 6.45) is 0. The van der Waals surface area contributed by atoms with E-state index < -0.39 is 0 Å². The van der Waals surface area contributed by atoms with Crippen molar-refractivity contribution >= 4 is 18.4 Å². The Labute approximate surface area is 103 Å². The molecule has 0 aliphatic carbocycles. The molecule has 0 fully saturated rings. The molecule has 0 bridgehead atoms. The highest BCUT2D eigenvalue weighted by Gasteiger charge is 2.04. The first-order valence-electron chi connectivity index (χ1n) is 5.15. The van der Waals surface area contributed by atoms with E-state index in [1.54, 1.807) is 12.1 Å². The third-order valence-corrected chi connectivity index (χ3v) is 1.90. The molecule has 1 aromatic carbocycles. The summed E-state index contributed by atoms with van der Waals surface area (Å²) in [5.74, 6) is -0.263. The fourth-order valence-corrected chi connectivity index (χ4v) is 1.15. The number of esters is 1. The number of ether oxygens (including phenoxy) is 1. The number of rotatable bonds is 5. The Kier molecular flexibility index (Phi) is 7.60. The van der Waals surface area contributed by atoms with Crippen molar-refractivity contribution in [3.63, 3.8) is 0 Å². The van der Waals surface area contributed by atoms with Crippen molar-refractivity contribution in [3.05, 3.63) is 35.9 Å². The van der Waals surface area contributed by atoms with Crippen LogP contribution in [0.2, 0.25) is 0 Å². The Morgan fingerprint density at radius 1 is 1.31 bits per heavy atom. The van der Waals surface area contributed by atoms with Crippen LogP contribution in [0.15, 0.2) is 30.3 Å². The standard InChI is InChI=1S/C12H17NO2.ClH/c1-10(2)13-8-9-15-12(14)11-6-4-3-5-7-11;/h3-7,10,13H,8-9H2,1-2H3;1H. The molecule has 3 nitrogen and oxygen atoms in total. The lowest BCUT2D eigenvalue weighted by Gasteiger charge is -2.08. The van der Waals surface area contributed by atoms with Gasteiger partial charge in [-0.2, -0.15) is 0 Å². The molecule has 0 saturated carbocycles. The lowest BCUT2D eigenvalue weighted by molar-refractivity contribution is 0.0506. The molecule has 0 aromatic heterocycles. The van der Waals surface area contributed by atoms with Crippen molar-refractivity contribution in [2.75, 3.05) is 13.2 Å². The molecule has 0 heterocycles. The van der Waals surface area contributed by atoms with E-state index in [-0.39, 0.29) is 18.4 Å². The lowest BCUT2D eigenvalue weighted by Crippen LogP contribution is -2.27. The summed E-state index contributed by atoms with van der Waals surface area (Å²) < 4.78 is 5.08. The molecular weight excluding hydrogens is 226 g/mol. The normalized spacial score (nSPS) is 9.69. The summed E-state index contributed by atoms with van der Waals surface area (Å²) in [7, 11) is 0.